The predicted molar refractivity (Wildman–Crippen MR) is 131 cm³/mol. The van der Waals surface area contributed by atoms with Gasteiger partial charge in [-0.3, -0.25) is 19.2 Å². The fraction of sp³-hybridized carbons (Fsp3) is 0.407. The highest BCUT2D eigenvalue weighted by Gasteiger charge is 2.31. The first-order valence-electron chi connectivity index (χ1n) is 12.0. The first-order chi connectivity index (χ1) is 16.8. The van der Waals surface area contributed by atoms with E-state index in [4.69, 9.17) is 10.2 Å². The van der Waals surface area contributed by atoms with Crippen molar-refractivity contribution in [1.82, 2.24) is 10.2 Å². The normalized spacial score (nSPS) is 16.3. The molecule has 35 heavy (non-hydrogen) atoms. The fourth-order valence-corrected chi connectivity index (χ4v) is 4.44. The van der Waals surface area contributed by atoms with Gasteiger partial charge in [0, 0.05) is 32.4 Å². The summed E-state index contributed by atoms with van der Waals surface area (Å²) in [5.74, 6) is -2.75. The van der Waals surface area contributed by atoms with Crippen LogP contribution in [0.5, 0.6) is 0 Å². The number of carboxylic acids is 2. The molecular weight excluding hydrogens is 448 g/mol. The van der Waals surface area contributed by atoms with E-state index < -0.39 is 18.0 Å². The molecule has 2 aromatic rings. The summed E-state index contributed by atoms with van der Waals surface area (Å²) >= 11 is 0. The van der Waals surface area contributed by atoms with E-state index in [1.165, 1.54) is 0 Å². The molecule has 8 heteroatoms. The van der Waals surface area contributed by atoms with Crippen LogP contribution < -0.4 is 5.32 Å². The number of nitrogens with zero attached hydrogens (tertiary/aromatic N) is 1. The Bertz CT molecular complexity index is 1020. The molecule has 2 unspecified atom stereocenters. The molecule has 1 heterocycles. The third kappa shape index (κ3) is 8.24. The lowest BCUT2D eigenvalue weighted by Gasteiger charge is -2.34. The van der Waals surface area contributed by atoms with Crippen LogP contribution in [-0.4, -0.2) is 58.0 Å². The van der Waals surface area contributed by atoms with Gasteiger partial charge in [0.05, 0.1) is 0 Å². The number of nitrogens with one attached hydrogen (secondary N) is 1. The van der Waals surface area contributed by atoms with Gasteiger partial charge in [0.25, 0.3) is 0 Å². The molecule has 0 radical (unpaired) electrons. The number of hydrogen-bond donors (Lipinski definition) is 3. The Morgan fingerprint density at radius 3 is 2.26 bits per heavy atom. The van der Waals surface area contributed by atoms with Gasteiger partial charge in [-0.15, -0.1) is 0 Å². The van der Waals surface area contributed by atoms with E-state index in [1.807, 2.05) is 54.6 Å². The number of aryl methyl sites for hydroxylation is 1. The maximum atomic E-state index is 13.1. The van der Waals surface area contributed by atoms with Crippen molar-refractivity contribution < 1.29 is 29.4 Å². The van der Waals surface area contributed by atoms with Crippen molar-refractivity contribution in [1.29, 1.82) is 0 Å². The van der Waals surface area contributed by atoms with Gasteiger partial charge >= 0.3 is 11.9 Å². The zero-order chi connectivity index (χ0) is 25.2. The van der Waals surface area contributed by atoms with Crippen LogP contribution in [0.4, 0.5) is 0 Å². The van der Waals surface area contributed by atoms with Gasteiger partial charge in [0.2, 0.25) is 11.8 Å². The largest absolute Gasteiger partial charge is 0.481 e. The maximum Gasteiger partial charge on any atom is 0.303 e. The van der Waals surface area contributed by atoms with Crippen molar-refractivity contribution in [2.75, 3.05) is 13.1 Å². The molecule has 3 rings (SSSR count). The van der Waals surface area contributed by atoms with Crippen molar-refractivity contribution >= 4 is 23.8 Å². The summed E-state index contributed by atoms with van der Waals surface area (Å²) in [6.45, 7) is 0.778. The smallest absolute Gasteiger partial charge is 0.303 e. The van der Waals surface area contributed by atoms with Crippen LogP contribution in [0.1, 0.15) is 44.1 Å². The molecule has 2 amide bonds. The van der Waals surface area contributed by atoms with Crippen LogP contribution >= 0.6 is 0 Å². The van der Waals surface area contributed by atoms with Gasteiger partial charge in [-0.2, -0.15) is 0 Å². The number of hydrogen-bond acceptors (Lipinski definition) is 4. The molecule has 2 atom stereocenters. The van der Waals surface area contributed by atoms with Gasteiger partial charge in [0.1, 0.15) is 6.04 Å². The lowest BCUT2D eigenvalue weighted by molar-refractivity contribution is -0.143. The Kier molecular flexibility index (Phi) is 9.40. The number of amides is 2. The second-order valence-corrected chi connectivity index (χ2v) is 9.01. The quantitative estimate of drug-likeness (QED) is 0.453. The van der Waals surface area contributed by atoms with Crippen LogP contribution in [0.2, 0.25) is 0 Å². The summed E-state index contributed by atoms with van der Waals surface area (Å²) in [6, 6.07) is 17.0. The summed E-state index contributed by atoms with van der Waals surface area (Å²) in [4.78, 5) is 49.5. The molecule has 0 spiro atoms. The average Bonchev–Trinajstić information content (AvgIpc) is 2.85. The van der Waals surface area contributed by atoms with Crippen molar-refractivity contribution in [3.05, 3.63) is 60.2 Å². The second-order valence-electron chi connectivity index (χ2n) is 9.01. The second kappa shape index (κ2) is 12.7. The third-order valence-corrected chi connectivity index (χ3v) is 6.28. The minimum Gasteiger partial charge on any atom is -0.481 e. The Morgan fingerprint density at radius 2 is 1.60 bits per heavy atom. The Balaban J connectivity index is 1.57. The molecule has 0 aliphatic carbocycles. The van der Waals surface area contributed by atoms with E-state index in [2.05, 4.69) is 5.32 Å². The summed E-state index contributed by atoms with van der Waals surface area (Å²) in [7, 11) is 0. The lowest BCUT2D eigenvalue weighted by Crippen LogP contribution is -2.51. The van der Waals surface area contributed by atoms with E-state index in [0.717, 1.165) is 23.1 Å². The number of carboxylic acid groups (broad SMARTS) is 2. The number of likely N-dealkylation sites (tertiary alicyclic amines) is 1. The number of carbonyl (C=O) groups excluding carboxylic acids is 2. The van der Waals surface area contributed by atoms with E-state index in [-0.39, 0.29) is 43.4 Å². The zero-order valence-corrected chi connectivity index (χ0v) is 19.7. The van der Waals surface area contributed by atoms with Gasteiger partial charge in [-0.05, 0) is 48.3 Å². The van der Waals surface area contributed by atoms with Crippen molar-refractivity contribution in [2.45, 2.75) is 51.0 Å². The molecule has 0 bridgehead atoms. The number of benzene rings is 2. The van der Waals surface area contributed by atoms with Gasteiger partial charge in [-0.25, -0.2) is 0 Å². The van der Waals surface area contributed by atoms with Crippen LogP contribution in [0, 0.1) is 5.92 Å². The van der Waals surface area contributed by atoms with Crippen LogP contribution in [-0.2, 0) is 25.6 Å². The molecular formula is C27H32N2O6. The highest BCUT2D eigenvalue weighted by Crippen LogP contribution is 2.22. The minimum atomic E-state index is -1.04. The maximum absolute atomic E-state index is 13.1. The number of piperidine rings is 1. The van der Waals surface area contributed by atoms with Crippen LogP contribution in [0.15, 0.2) is 54.6 Å². The highest BCUT2D eigenvalue weighted by atomic mass is 16.4. The molecule has 0 aromatic heterocycles. The van der Waals surface area contributed by atoms with Crippen LogP contribution in [0.3, 0.4) is 0 Å². The molecule has 3 N–H and O–H groups in total. The Hall–Kier alpha value is -3.68. The number of carbonyl (C=O) groups is 4. The zero-order valence-electron chi connectivity index (χ0n) is 19.7. The van der Waals surface area contributed by atoms with Crippen molar-refractivity contribution in [2.24, 2.45) is 5.92 Å². The molecule has 1 aliphatic heterocycles. The van der Waals surface area contributed by atoms with Gasteiger partial charge in [-0.1, -0.05) is 54.6 Å². The molecule has 186 valence electrons. The van der Waals surface area contributed by atoms with E-state index in [9.17, 15) is 19.2 Å². The van der Waals surface area contributed by atoms with Gasteiger partial charge < -0.3 is 20.4 Å². The molecule has 0 saturated carbocycles. The summed E-state index contributed by atoms with van der Waals surface area (Å²) in [6.07, 6.45) is 1.80. The third-order valence-electron chi connectivity index (χ3n) is 6.28. The monoisotopic (exact) mass is 480 g/mol. The van der Waals surface area contributed by atoms with E-state index >= 15 is 0 Å². The van der Waals surface area contributed by atoms with Gasteiger partial charge in [0.15, 0.2) is 0 Å². The van der Waals surface area contributed by atoms with E-state index in [0.29, 0.717) is 25.9 Å². The number of rotatable bonds is 11. The topological polar surface area (TPSA) is 124 Å². The lowest BCUT2D eigenvalue weighted by atomic mass is 9.94. The molecule has 1 saturated heterocycles. The van der Waals surface area contributed by atoms with Crippen molar-refractivity contribution in [3.63, 3.8) is 0 Å². The molecule has 1 fully saturated rings. The first kappa shape index (κ1) is 25.9. The molecule has 2 aromatic carbocycles. The predicted octanol–water partition coefficient (Wildman–Crippen LogP) is 3.35. The molecule has 8 nitrogen and oxygen atoms in total. The summed E-state index contributed by atoms with van der Waals surface area (Å²) in [5, 5.41) is 20.9. The molecule has 1 aliphatic rings. The SMILES string of the molecule is O=C(O)CCC(NC(=O)CCc1ccc(-c2ccccc2)cc1)C(=O)N1CCCC(CC(=O)O)C1. The summed E-state index contributed by atoms with van der Waals surface area (Å²) in [5.41, 5.74) is 3.18. The number of aliphatic carboxylic acids is 2. The first-order valence-corrected chi connectivity index (χ1v) is 12.0. The van der Waals surface area contributed by atoms with Crippen LogP contribution in [0.25, 0.3) is 11.1 Å². The Labute approximate surface area is 205 Å². The Morgan fingerprint density at radius 1 is 0.914 bits per heavy atom. The standard InChI is InChI=1S/C27H32N2O6/c30-24(14-10-19-8-11-22(12-9-19)21-6-2-1-3-7-21)28-23(13-15-25(31)32)27(35)29-16-4-5-20(18-29)17-26(33)34/h1-3,6-9,11-12,20,23H,4-5,10,13-18H2,(H,28,30)(H,31,32)(H,33,34). The highest BCUT2D eigenvalue weighted by molar-refractivity contribution is 5.88. The van der Waals surface area contributed by atoms with Crippen molar-refractivity contribution in [3.8, 4) is 11.1 Å². The minimum absolute atomic E-state index is 0.00816. The average molecular weight is 481 g/mol. The van der Waals surface area contributed by atoms with E-state index in [1.54, 1.807) is 4.90 Å². The fourth-order valence-electron chi connectivity index (χ4n) is 4.44. The summed E-state index contributed by atoms with van der Waals surface area (Å²) < 4.78 is 0.